The van der Waals surface area contributed by atoms with E-state index in [-0.39, 0.29) is 12.2 Å². The van der Waals surface area contributed by atoms with Crippen molar-refractivity contribution in [2.45, 2.75) is 47.1 Å². The van der Waals surface area contributed by atoms with Crippen LogP contribution in [0, 0.1) is 34.6 Å². The Bertz CT molecular complexity index is 1550. The van der Waals surface area contributed by atoms with Crippen molar-refractivity contribution in [1.82, 2.24) is 9.55 Å². The Labute approximate surface area is 221 Å². The van der Waals surface area contributed by atoms with Gasteiger partial charge in [0.05, 0.1) is 29.8 Å². The highest BCUT2D eigenvalue weighted by atomic mass is 16.4. The molecule has 1 amide bonds. The second-order valence-electron chi connectivity index (χ2n) is 9.57. The zero-order valence-corrected chi connectivity index (χ0v) is 22.2. The minimum absolute atomic E-state index is 0.117. The number of nitrogens with one attached hydrogen (secondary N) is 1. The number of aromatic nitrogens is 2. The van der Waals surface area contributed by atoms with Crippen LogP contribution in [-0.2, 0) is 9.59 Å². The van der Waals surface area contributed by atoms with E-state index in [1.165, 1.54) is 17.7 Å². The molecule has 0 aliphatic heterocycles. The molecule has 0 aliphatic rings. The fraction of sp³-hybridized carbons (Fsp3) is 0.226. The van der Waals surface area contributed by atoms with Gasteiger partial charge in [-0.2, -0.15) is 0 Å². The van der Waals surface area contributed by atoms with E-state index in [4.69, 9.17) is 0 Å². The molecule has 3 aromatic carbocycles. The Morgan fingerprint density at radius 3 is 2.16 bits per heavy atom. The van der Waals surface area contributed by atoms with Gasteiger partial charge in [0.2, 0.25) is 5.91 Å². The van der Waals surface area contributed by atoms with Crippen molar-refractivity contribution >= 4 is 34.4 Å². The van der Waals surface area contributed by atoms with Gasteiger partial charge in [-0.05, 0) is 92.3 Å². The molecule has 0 fully saturated rings. The maximum absolute atomic E-state index is 13.0. The number of fused-ring (bicyclic) bond motifs is 1. The van der Waals surface area contributed by atoms with Gasteiger partial charge in [-0.15, -0.1) is 0 Å². The van der Waals surface area contributed by atoms with Gasteiger partial charge in [-0.1, -0.05) is 30.3 Å². The summed E-state index contributed by atoms with van der Waals surface area (Å²) in [5, 5.41) is 12.3. The van der Waals surface area contributed by atoms with Gasteiger partial charge in [0.25, 0.3) is 0 Å². The highest BCUT2D eigenvalue weighted by Crippen LogP contribution is 2.29. The minimum atomic E-state index is -0.926. The van der Waals surface area contributed by atoms with E-state index in [9.17, 15) is 19.5 Å². The minimum Gasteiger partial charge on any atom is -0.481 e. The number of rotatable bonds is 8. The van der Waals surface area contributed by atoms with Crippen molar-refractivity contribution in [3.8, 4) is 0 Å². The molecule has 38 heavy (non-hydrogen) atoms. The molecule has 0 saturated carbocycles. The molecule has 0 spiro atoms. The molecule has 1 aromatic heterocycles. The zero-order chi connectivity index (χ0) is 27.6. The van der Waals surface area contributed by atoms with Crippen LogP contribution < -0.4 is 5.32 Å². The van der Waals surface area contributed by atoms with Gasteiger partial charge in [-0.3, -0.25) is 14.4 Å². The SMILES string of the molecule is Cc1c(C)c(C)c(C(=O)C=CC(=O)Nc2ccc3ncn(C(CC(=O)O)c4ccccc4)c3c2)c(C)c1C. The topological polar surface area (TPSA) is 101 Å². The molecule has 1 atom stereocenters. The van der Waals surface area contributed by atoms with Gasteiger partial charge in [0, 0.05) is 17.3 Å². The number of anilines is 1. The third-order valence-corrected chi connectivity index (χ3v) is 7.36. The lowest BCUT2D eigenvalue weighted by Crippen LogP contribution is -2.14. The van der Waals surface area contributed by atoms with Gasteiger partial charge in [0.1, 0.15) is 0 Å². The molecule has 4 rings (SSSR count). The molecule has 4 aromatic rings. The molecule has 1 heterocycles. The molecule has 0 bridgehead atoms. The number of imidazole rings is 1. The number of nitrogens with zero attached hydrogens (tertiary/aromatic N) is 2. The number of benzene rings is 3. The smallest absolute Gasteiger partial charge is 0.305 e. The first-order valence-electron chi connectivity index (χ1n) is 12.4. The summed E-state index contributed by atoms with van der Waals surface area (Å²) in [5.74, 6) is -1.58. The first kappa shape index (κ1) is 26.5. The van der Waals surface area contributed by atoms with Crippen LogP contribution in [0.4, 0.5) is 5.69 Å². The van der Waals surface area contributed by atoms with Crippen molar-refractivity contribution in [1.29, 1.82) is 0 Å². The number of amides is 1. The number of hydrogen-bond donors (Lipinski definition) is 2. The van der Waals surface area contributed by atoms with Crippen LogP contribution in [0.2, 0.25) is 0 Å². The summed E-state index contributed by atoms with van der Waals surface area (Å²) in [6, 6.07) is 14.2. The highest BCUT2D eigenvalue weighted by molar-refractivity contribution is 6.11. The molecule has 2 N–H and O–H groups in total. The standard InChI is InChI=1S/C31H31N3O4/c1-18-19(2)21(4)31(22(5)20(18)3)28(35)13-14-29(36)33-24-11-12-25-27(15-24)34(17-32-25)26(16-30(37)38)23-9-7-6-8-10-23/h6-15,17,26H,16H2,1-5H3,(H,33,36)(H,37,38). The van der Waals surface area contributed by atoms with E-state index in [1.54, 1.807) is 29.1 Å². The average molecular weight is 510 g/mol. The molecule has 0 aliphatic carbocycles. The summed E-state index contributed by atoms with van der Waals surface area (Å²) in [4.78, 5) is 41.8. The van der Waals surface area contributed by atoms with E-state index in [0.717, 1.165) is 27.8 Å². The van der Waals surface area contributed by atoms with Crippen molar-refractivity contribution < 1.29 is 19.5 Å². The summed E-state index contributed by atoms with van der Waals surface area (Å²) < 4.78 is 1.81. The van der Waals surface area contributed by atoms with E-state index in [1.807, 2.05) is 58.0 Å². The maximum atomic E-state index is 13.0. The monoisotopic (exact) mass is 509 g/mol. The summed E-state index contributed by atoms with van der Waals surface area (Å²) in [5.41, 5.74) is 8.53. The zero-order valence-electron chi connectivity index (χ0n) is 22.2. The molecule has 1 unspecified atom stereocenters. The van der Waals surface area contributed by atoms with Crippen LogP contribution >= 0.6 is 0 Å². The Hall–Kier alpha value is -4.52. The first-order chi connectivity index (χ1) is 18.1. The fourth-order valence-corrected chi connectivity index (χ4v) is 4.86. The van der Waals surface area contributed by atoms with Crippen LogP contribution in [-0.4, -0.2) is 32.3 Å². The third-order valence-electron chi connectivity index (χ3n) is 7.36. The van der Waals surface area contributed by atoms with Crippen LogP contribution in [0.5, 0.6) is 0 Å². The summed E-state index contributed by atoms with van der Waals surface area (Å²) in [6.45, 7) is 9.92. The summed E-state index contributed by atoms with van der Waals surface area (Å²) in [7, 11) is 0. The number of carbonyl (C=O) groups excluding carboxylic acids is 2. The Kier molecular flexibility index (Phi) is 7.57. The van der Waals surface area contributed by atoms with Crippen molar-refractivity contribution in [2.75, 3.05) is 5.32 Å². The number of carboxylic acid groups (broad SMARTS) is 1. The Morgan fingerprint density at radius 1 is 0.895 bits per heavy atom. The predicted octanol–water partition coefficient (Wildman–Crippen LogP) is 6.02. The van der Waals surface area contributed by atoms with Gasteiger partial charge in [0.15, 0.2) is 5.78 Å². The largest absolute Gasteiger partial charge is 0.481 e. The number of hydrogen-bond acceptors (Lipinski definition) is 4. The van der Waals surface area contributed by atoms with E-state index in [0.29, 0.717) is 22.3 Å². The molecular weight excluding hydrogens is 478 g/mol. The lowest BCUT2D eigenvalue weighted by Gasteiger charge is -2.18. The Balaban J connectivity index is 1.58. The van der Waals surface area contributed by atoms with Crippen LogP contribution in [0.3, 0.4) is 0 Å². The predicted molar refractivity (Wildman–Crippen MR) is 149 cm³/mol. The normalized spacial score (nSPS) is 12.1. The van der Waals surface area contributed by atoms with E-state index < -0.39 is 17.9 Å². The molecular formula is C31H31N3O4. The first-order valence-corrected chi connectivity index (χ1v) is 12.4. The average Bonchev–Trinajstić information content (AvgIpc) is 3.31. The molecule has 0 radical (unpaired) electrons. The van der Waals surface area contributed by atoms with Gasteiger partial charge >= 0.3 is 5.97 Å². The van der Waals surface area contributed by atoms with Crippen LogP contribution in [0.25, 0.3) is 11.0 Å². The molecule has 7 heteroatoms. The number of carboxylic acids is 1. The summed E-state index contributed by atoms with van der Waals surface area (Å²) >= 11 is 0. The molecule has 194 valence electrons. The van der Waals surface area contributed by atoms with Crippen LogP contribution in [0.1, 0.15) is 56.2 Å². The second-order valence-corrected chi connectivity index (χ2v) is 9.57. The summed E-state index contributed by atoms with van der Waals surface area (Å²) in [6.07, 6.45) is 4.05. The van der Waals surface area contributed by atoms with Gasteiger partial charge in [-0.25, -0.2) is 4.98 Å². The van der Waals surface area contributed by atoms with E-state index >= 15 is 0 Å². The molecule has 7 nitrogen and oxygen atoms in total. The van der Waals surface area contributed by atoms with Crippen LogP contribution in [0.15, 0.2) is 67.0 Å². The lowest BCUT2D eigenvalue weighted by atomic mass is 9.87. The van der Waals surface area contributed by atoms with E-state index in [2.05, 4.69) is 17.2 Å². The van der Waals surface area contributed by atoms with Crippen molar-refractivity contribution in [2.24, 2.45) is 0 Å². The van der Waals surface area contributed by atoms with Gasteiger partial charge < -0.3 is 15.0 Å². The van der Waals surface area contributed by atoms with Crippen molar-refractivity contribution in [3.63, 3.8) is 0 Å². The number of allylic oxidation sites excluding steroid dienone is 1. The highest BCUT2D eigenvalue weighted by Gasteiger charge is 2.20. The number of aliphatic carboxylic acids is 1. The number of ketones is 1. The fourth-order valence-electron chi connectivity index (χ4n) is 4.86. The second kappa shape index (κ2) is 10.8. The lowest BCUT2D eigenvalue weighted by molar-refractivity contribution is -0.137. The third kappa shape index (κ3) is 5.27. The maximum Gasteiger partial charge on any atom is 0.305 e. The Morgan fingerprint density at radius 2 is 1.53 bits per heavy atom. The number of carbonyl (C=O) groups is 3. The van der Waals surface area contributed by atoms with Crippen molar-refractivity contribution in [3.05, 3.63) is 106 Å². The quantitative estimate of drug-likeness (QED) is 0.223. The molecule has 0 saturated heterocycles.